The van der Waals surface area contributed by atoms with E-state index in [-0.39, 0.29) is 17.8 Å². The molecule has 0 spiro atoms. The van der Waals surface area contributed by atoms with Crippen molar-refractivity contribution in [1.29, 1.82) is 0 Å². The van der Waals surface area contributed by atoms with Crippen molar-refractivity contribution < 1.29 is 26.4 Å². The van der Waals surface area contributed by atoms with Crippen LogP contribution in [0.4, 0.5) is 18.9 Å². The Labute approximate surface area is 187 Å². The molecule has 0 unspecified atom stereocenters. The first-order chi connectivity index (χ1) is 15.1. The van der Waals surface area contributed by atoms with Crippen molar-refractivity contribution in [3.63, 3.8) is 0 Å². The Balaban J connectivity index is 1.87. The molecule has 3 aromatic carbocycles. The van der Waals surface area contributed by atoms with Gasteiger partial charge in [0.25, 0.3) is 0 Å². The molecular weight excluding hydrogens is 461 g/mol. The fourth-order valence-electron chi connectivity index (χ4n) is 2.98. The Hall–Kier alpha value is -2.98. The van der Waals surface area contributed by atoms with E-state index in [2.05, 4.69) is 5.32 Å². The van der Waals surface area contributed by atoms with Crippen LogP contribution in [0.25, 0.3) is 0 Å². The monoisotopic (exact) mass is 480 g/mol. The molecule has 0 aliphatic rings. The molecule has 0 saturated heterocycles. The fraction of sp³-hybridized carbons (Fsp3) is 0.136. The maximum atomic E-state index is 13.7. The van der Waals surface area contributed by atoms with Gasteiger partial charge in [0.2, 0.25) is 15.7 Å². The van der Waals surface area contributed by atoms with E-state index >= 15 is 0 Å². The maximum Gasteiger partial charge on any atom is 0.418 e. The van der Waals surface area contributed by atoms with Gasteiger partial charge in [0.1, 0.15) is 0 Å². The van der Waals surface area contributed by atoms with E-state index in [0.717, 1.165) is 23.1 Å². The van der Waals surface area contributed by atoms with Crippen LogP contribution in [0.2, 0.25) is 0 Å². The number of amides is 1. The molecule has 5 nitrogen and oxygen atoms in total. The van der Waals surface area contributed by atoms with Crippen molar-refractivity contribution in [2.45, 2.75) is 20.9 Å². The van der Waals surface area contributed by atoms with Gasteiger partial charge in [0.05, 0.1) is 20.9 Å². The summed E-state index contributed by atoms with van der Waals surface area (Å²) >= 11 is 1.48. The maximum absolute atomic E-state index is 13.7. The normalized spacial score (nSPS) is 11.8. The largest absolute Gasteiger partial charge is 0.418 e. The molecule has 3 rings (SSSR count). The predicted molar refractivity (Wildman–Crippen MR) is 118 cm³/mol. The summed E-state index contributed by atoms with van der Waals surface area (Å²) in [6.07, 6.45) is -4.79. The van der Waals surface area contributed by atoms with Gasteiger partial charge in [-0.2, -0.15) is 13.2 Å². The highest BCUT2D eigenvalue weighted by Gasteiger charge is 2.35. The highest BCUT2D eigenvalue weighted by molar-refractivity contribution is 7.99. The third-order valence-electron chi connectivity index (χ3n) is 4.48. The average molecular weight is 481 g/mol. The molecule has 0 saturated carbocycles. The molecule has 0 fully saturated rings. The lowest BCUT2D eigenvalue weighted by molar-refractivity contribution is -0.137. The first-order valence-electron chi connectivity index (χ1n) is 9.37. The zero-order valence-corrected chi connectivity index (χ0v) is 18.2. The zero-order valence-electron chi connectivity index (χ0n) is 16.6. The Bertz CT molecular complexity index is 1210. The van der Waals surface area contributed by atoms with Crippen LogP contribution in [0.15, 0.2) is 87.5 Å². The number of nitrogens with one attached hydrogen (secondary N) is 1. The van der Waals surface area contributed by atoms with Gasteiger partial charge in [-0.05, 0) is 42.5 Å². The van der Waals surface area contributed by atoms with Gasteiger partial charge in [-0.3, -0.25) is 4.79 Å². The van der Waals surface area contributed by atoms with Crippen LogP contribution >= 0.6 is 11.8 Å². The molecular formula is C22H19F3N2O3S2. The average Bonchev–Trinajstić information content (AvgIpc) is 2.76. The summed E-state index contributed by atoms with van der Waals surface area (Å²) in [5, 5.41) is 2.73. The molecule has 1 amide bonds. The van der Waals surface area contributed by atoms with Crippen molar-refractivity contribution in [2.24, 2.45) is 5.73 Å². The molecule has 0 aliphatic carbocycles. The van der Waals surface area contributed by atoms with Gasteiger partial charge in [-0.15, -0.1) is 11.8 Å². The second kappa shape index (κ2) is 9.66. The molecule has 0 bridgehead atoms. The summed E-state index contributed by atoms with van der Waals surface area (Å²) < 4.78 is 67.0. The molecule has 168 valence electrons. The van der Waals surface area contributed by atoms with E-state index in [0.29, 0.717) is 11.8 Å². The van der Waals surface area contributed by atoms with Crippen molar-refractivity contribution in [3.05, 3.63) is 83.9 Å². The second-order valence-corrected chi connectivity index (χ2v) is 9.74. The Morgan fingerprint density at radius 2 is 1.62 bits per heavy atom. The van der Waals surface area contributed by atoms with Gasteiger partial charge < -0.3 is 11.1 Å². The van der Waals surface area contributed by atoms with Gasteiger partial charge in [-0.1, -0.05) is 30.3 Å². The highest BCUT2D eigenvalue weighted by Crippen LogP contribution is 2.37. The number of nitrogens with two attached hydrogens (primary N) is 1. The molecule has 0 aliphatic heterocycles. The number of carbonyl (C=O) groups is 1. The number of thioether (sulfide) groups is 1. The number of rotatable bonds is 8. The molecule has 10 heteroatoms. The summed E-state index contributed by atoms with van der Waals surface area (Å²) in [5.41, 5.74) is 3.60. The predicted octanol–water partition coefficient (Wildman–Crippen LogP) is 4.84. The van der Waals surface area contributed by atoms with Crippen LogP contribution in [0.3, 0.4) is 0 Å². The van der Waals surface area contributed by atoms with E-state index in [9.17, 15) is 26.4 Å². The Morgan fingerprint density at radius 3 is 2.28 bits per heavy atom. The van der Waals surface area contributed by atoms with Crippen molar-refractivity contribution in [1.82, 2.24) is 0 Å². The quantitative estimate of drug-likeness (QED) is 0.356. The summed E-state index contributed by atoms with van der Waals surface area (Å²) in [6, 6.07) is 17.3. The number of primary amides is 1. The third kappa shape index (κ3) is 5.43. The van der Waals surface area contributed by atoms with E-state index in [1.54, 1.807) is 0 Å². The number of carbonyl (C=O) groups excluding carboxylic acids is 1. The van der Waals surface area contributed by atoms with Crippen LogP contribution in [-0.4, -0.2) is 26.6 Å². The minimum absolute atomic E-state index is 0.228. The minimum atomic E-state index is -4.79. The number of anilines is 1. The summed E-state index contributed by atoms with van der Waals surface area (Å²) in [4.78, 5) is 11.6. The van der Waals surface area contributed by atoms with E-state index < -0.39 is 37.3 Å². The van der Waals surface area contributed by atoms with Gasteiger partial charge in [0, 0.05) is 22.9 Å². The number of hydrogen-bond acceptors (Lipinski definition) is 5. The number of alkyl halides is 3. The molecule has 0 aromatic heterocycles. The summed E-state index contributed by atoms with van der Waals surface area (Å²) in [6.45, 7) is 0.235. The van der Waals surface area contributed by atoms with Crippen LogP contribution in [0, 0.1) is 0 Å². The minimum Gasteiger partial charge on any atom is -0.384 e. The molecule has 0 heterocycles. The molecule has 3 aromatic rings. The Morgan fingerprint density at radius 1 is 0.969 bits per heavy atom. The number of sulfone groups is 1. The van der Waals surface area contributed by atoms with Crippen molar-refractivity contribution >= 4 is 33.2 Å². The lowest BCUT2D eigenvalue weighted by Gasteiger charge is -2.17. The smallest absolute Gasteiger partial charge is 0.384 e. The lowest BCUT2D eigenvalue weighted by atomic mass is 10.1. The van der Waals surface area contributed by atoms with Gasteiger partial charge >= 0.3 is 6.18 Å². The van der Waals surface area contributed by atoms with Crippen LogP contribution in [0.5, 0.6) is 0 Å². The molecule has 0 radical (unpaired) electrons. The van der Waals surface area contributed by atoms with Crippen molar-refractivity contribution in [3.8, 4) is 0 Å². The summed E-state index contributed by atoms with van der Waals surface area (Å²) in [7, 11) is -4.41. The Kier molecular flexibility index (Phi) is 7.15. The van der Waals surface area contributed by atoms with Gasteiger partial charge in [0.15, 0.2) is 0 Å². The highest BCUT2D eigenvalue weighted by atomic mass is 32.2. The first kappa shape index (κ1) is 23.7. The first-order valence-corrected chi connectivity index (χ1v) is 11.8. The molecule has 32 heavy (non-hydrogen) atoms. The number of halogens is 3. The topological polar surface area (TPSA) is 89.3 Å². The third-order valence-corrected chi connectivity index (χ3v) is 7.30. The second-order valence-electron chi connectivity index (χ2n) is 6.66. The standard InChI is InChI=1S/C22H19F3N2O3S2/c23-22(24,25)18-14-16(32(29,30)20-9-5-4-8-17(20)21(26)28)10-11-19(18)27-12-13-31-15-6-2-1-3-7-15/h1-11,14,27H,12-13H2,(H2,26,28). The summed E-state index contributed by atoms with van der Waals surface area (Å²) in [5.74, 6) is -0.484. The number of benzene rings is 3. The van der Waals surface area contributed by atoms with Crippen LogP contribution < -0.4 is 11.1 Å². The van der Waals surface area contributed by atoms with Crippen LogP contribution in [-0.2, 0) is 16.0 Å². The van der Waals surface area contributed by atoms with Gasteiger partial charge in [-0.25, -0.2) is 8.42 Å². The van der Waals surface area contributed by atoms with Crippen molar-refractivity contribution in [2.75, 3.05) is 17.6 Å². The van der Waals surface area contributed by atoms with E-state index in [1.165, 1.54) is 30.0 Å². The lowest BCUT2D eigenvalue weighted by Crippen LogP contribution is -2.17. The van der Waals surface area contributed by atoms with E-state index in [4.69, 9.17) is 5.73 Å². The number of hydrogen-bond donors (Lipinski definition) is 2. The molecule has 3 N–H and O–H groups in total. The van der Waals surface area contributed by atoms with Crippen LogP contribution in [0.1, 0.15) is 15.9 Å². The van der Waals surface area contributed by atoms with E-state index in [1.807, 2.05) is 30.3 Å². The fourth-order valence-corrected chi connectivity index (χ4v) is 5.26. The zero-order chi connectivity index (χ0) is 23.4. The molecule has 0 atom stereocenters. The SMILES string of the molecule is NC(=O)c1ccccc1S(=O)(=O)c1ccc(NCCSc2ccccc2)c(C(F)(F)F)c1.